The maximum atomic E-state index is 11.4. The zero-order valence-electron chi connectivity index (χ0n) is 12.1. The Bertz CT molecular complexity index is 593. The molecule has 1 fully saturated rings. The Morgan fingerprint density at radius 2 is 2.10 bits per heavy atom. The summed E-state index contributed by atoms with van der Waals surface area (Å²) >= 11 is 0. The lowest BCUT2D eigenvalue weighted by molar-refractivity contribution is -0.158. The van der Waals surface area contributed by atoms with Gasteiger partial charge in [-0.1, -0.05) is 24.1 Å². The number of hydrogen-bond donors (Lipinski definition) is 0. The Labute approximate surface area is 142 Å². The molecule has 1 amide bonds. The number of carbonyl (C=O) groups excluding carboxylic acids is 1. The monoisotopic (exact) mass is 398 g/mol. The van der Waals surface area contributed by atoms with Crippen molar-refractivity contribution in [1.82, 2.24) is 9.55 Å². The average molecular weight is 398 g/mol. The minimum absolute atomic E-state index is 0. The first-order valence-electron chi connectivity index (χ1n) is 7.01. The molecule has 0 saturated carbocycles. The molecule has 1 atom stereocenters. The first kappa shape index (κ1) is 16.3. The number of likely N-dealkylation sites (N-methyl/N-ethyl adjacent to an activating group) is 1. The van der Waals surface area contributed by atoms with E-state index in [-0.39, 0.29) is 29.9 Å². The highest BCUT2D eigenvalue weighted by molar-refractivity contribution is 5.76. The van der Waals surface area contributed by atoms with Crippen molar-refractivity contribution in [3.63, 3.8) is 0 Å². The topological polar surface area (TPSA) is 29.5 Å². The molecule has 1 aromatic carbocycles. The highest BCUT2D eigenvalue weighted by atomic mass is 127. The second-order valence-corrected chi connectivity index (χ2v) is 5.52. The summed E-state index contributed by atoms with van der Waals surface area (Å²) in [6, 6.07) is 8.57. The van der Waals surface area contributed by atoms with Crippen LogP contribution < -0.4 is 28.5 Å². The SMILES string of the molecule is C[N+]1(CC#CCN2OCCC2=O)CCc2ccccc21.[I-]. The maximum Gasteiger partial charge on any atom is 0.249 e. The third-order valence-corrected chi connectivity index (χ3v) is 4.06. The summed E-state index contributed by atoms with van der Waals surface area (Å²) in [5, 5.41) is 1.37. The minimum atomic E-state index is 0. The third-order valence-electron chi connectivity index (χ3n) is 4.06. The maximum absolute atomic E-state index is 11.4. The number of hydroxylamine groups is 2. The highest BCUT2D eigenvalue weighted by Crippen LogP contribution is 2.32. The van der Waals surface area contributed by atoms with Gasteiger partial charge >= 0.3 is 0 Å². The molecule has 3 rings (SSSR count). The summed E-state index contributed by atoms with van der Waals surface area (Å²) in [6.07, 6.45) is 1.59. The van der Waals surface area contributed by atoms with E-state index in [4.69, 9.17) is 4.84 Å². The third kappa shape index (κ3) is 3.39. The van der Waals surface area contributed by atoms with Crippen LogP contribution in [-0.2, 0) is 16.1 Å². The number of carbonyl (C=O) groups is 1. The van der Waals surface area contributed by atoms with Gasteiger partial charge in [-0.15, -0.1) is 0 Å². The van der Waals surface area contributed by atoms with Gasteiger partial charge in [0.25, 0.3) is 0 Å². The Morgan fingerprint density at radius 3 is 2.86 bits per heavy atom. The van der Waals surface area contributed by atoms with Crippen molar-refractivity contribution in [3.05, 3.63) is 29.8 Å². The standard InChI is InChI=1S/C16H19N2O2.HI/c1-18(12-8-14-6-2-3-7-15(14)18)11-5-4-10-17-16(19)9-13-20-17;/h2-3,6-7H,8-13H2,1H3;1H/q+1;/p-1. The van der Waals surface area contributed by atoms with Crippen molar-refractivity contribution in [3.8, 4) is 11.8 Å². The number of nitrogens with zero attached hydrogens (tertiary/aromatic N) is 2. The number of quaternary nitrogens is 1. The smallest absolute Gasteiger partial charge is 0.249 e. The van der Waals surface area contributed by atoms with Gasteiger partial charge in [0.1, 0.15) is 18.8 Å². The van der Waals surface area contributed by atoms with Gasteiger partial charge in [0.15, 0.2) is 0 Å². The molecule has 0 aromatic heterocycles. The lowest BCUT2D eigenvalue weighted by atomic mass is 10.2. The van der Waals surface area contributed by atoms with Crippen molar-refractivity contribution in [2.24, 2.45) is 0 Å². The lowest BCUT2D eigenvalue weighted by Gasteiger charge is -2.27. The van der Waals surface area contributed by atoms with Crippen LogP contribution >= 0.6 is 0 Å². The molecule has 4 nitrogen and oxygen atoms in total. The van der Waals surface area contributed by atoms with Crippen molar-refractivity contribution < 1.29 is 33.6 Å². The molecule has 0 spiro atoms. The molecular weight excluding hydrogens is 379 g/mol. The summed E-state index contributed by atoms with van der Waals surface area (Å²) in [6.45, 7) is 2.73. The summed E-state index contributed by atoms with van der Waals surface area (Å²) in [4.78, 5) is 16.6. The first-order valence-corrected chi connectivity index (χ1v) is 7.01. The van der Waals surface area contributed by atoms with Gasteiger partial charge in [-0.2, -0.15) is 0 Å². The molecule has 21 heavy (non-hydrogen) atoms. The van der Waals surface area contributed by atoms with E-state index in [0.29, 0.717) is 19.6 Å². The molecule has 2 aliphatic heterocycles. The van der Waals surface area contributed by atoms with E-state index >= 15 is 0 Å². The largest absolute Gasteiger partial charge is 1.00 e. The molecule has 0 N–H and O–H groups in total. The van der Waals surface area contributed by atoms with Crippen LogP contribution in [0, 0.1) is 11.8 Å². The van der Waals surface area contributed by atoms with Crippen molar-refractivity contribution in [2.45, 2.75) is 12.8 Å². The fraction of sp³-hybridized carbons (Fsp3) is 0.438. The van der Waals surface area contributed by atoms with Gasteiger partial charge in [-0.3, -0.25) is 14.1 Å². The summed E-state index contributed by atoms with van der Waals surface area (Å²) in [5.74, 6) is 6.29. The summed E-state index contributed by atoms with van der Waals surface area (Å²) < 4.78 is 0.859. The van der Waals surface area contributed by atoms with Crippen molar-refractivity contribution in [2.75, 3.05) is 33.3 Å². The lowest BCUT2D eigenvalue weighted by Crippen LogP contribution is -3.00. The van der Waals surface area contributed by atoms with Crippen molar-refractivity contribution in [1.29, 1.82) is 0 Å². The van der Waals surface area contributed by atoms with E-state index < -0.39 is 0 Å². The molecule has 1 saturated heterocycles. The first-order chi connectivity index (χ1) is 9.69. The minimum Gasteiger partial charge on any atom is -1.00 e. The number of para-hydroxylation sites is 1. The number of benzene rings is 1. The summed E-state index contributed by atoms with van der Waals surface area (Å²) in [5.41, 5.74) is 2.80. The number of amides is 1. The van der Waals surface area contributed by atoms with Crippen LogP contribution in [0.5, 0.6) is 0 Å². The molecule has 112 valence electrons. The quantitative estimate of drug-likeness (QED) is 0.340. The molecule has 5 heteroatoms. The predicted octanol–water partition coefficient (Wildman–Crippen LogP) is -1.65. The Kier molecular flexibility index (Phi) is 5.25. The van der Waals surface area contributed by atoms with Gasteiger partial charge in [-0.25, -0.2) is 5.06 Å². The highest BCUT2D eigenvalue weighted by Gasteiger charge is 2.32. The zero-order chi connectivity index (χ0) is 14.0. The van der Waals surface area contributed by atoms with Crippen LogP contribution in [0.2, 0.25) is 0 Å². The number of fused-ring (bicyclic) bond motifs is 1. The fourth-order valence-corrected chi connectivity index (χ4v) is 2.83. The molecular formula is C16H19IN2O2. The molecule has 0 bridgehead atoms. The molecule has 0 radical (unpaired) electrons. The second-order valence-electron chi connectivity index (χ2n) is 5.52. The Morgan fingerprint density at radius 1 is 1.29 bits per heavy atom. The number of halogens is 1. The fourth-order valence-electron chi connectivity index (χ4n) is 2.83. The number of rotatable bonds is 2. The van der Waals surface area contributed by atoms with E-state index in [1.54, 1.807) is 0 Å². The van der Waals surface area contributed by atoms with Crippen LogP contribution in [0.1, 0.15) is 12.0 Å². The molecule has 0 aliphatic carbocycles. The average Bonchev–Trinajstić information content (AvgIpc) is 3.01. The van der Waals surface area contributed by atoms with E-state index in [1.165, 1.54) is 16.3 Å². The normalized spacial score (nSPS) is 23.3. The van der Waals surface area contributed by atoms with E-state index in [9.17, 15) is 4.79 Å². The van der Waals surface area contributed by atoms with Crippen LogP contribution in [0.15, 0.2) is 24.3 Å². The Balaban J connectivity index is 0.00000161. The van der Waals surface area contributed by atoms with Gasteiger partial charge in [-0.05, 0) is 12.0 Å². The predicted molar refractivity (Wildman–Crippen MR) is 77.7 cm³/mol. The van der Waals surface area contributed by atoms with Crippen LogP contribution in [0.4, 0.5) is 5.69 Å². The van der Waals surface area contributed by atoms with E-state index in [0.717, 1.165) is 24.0 Å². The van der Waals surface area contributed by atoms with Gasteiger partial charge in [0.05, 0.1) is 26.6 Å². The molecule has 2 aliphatic rings. The van der Waals surface area contributed by atoms with Gasteiger partial charge < -0.3 is 24.0 Å². The molecule has 1 unspecified atom stereocenters. The van der Waals surface area contributed by atoms with Gasteiger partial charge in [0.2, 0.25) is 5.91 Å². The molecule has 1 aromatic rings. The van der Waals surface area contributed by atoms with Gasteiger partial charge in [0, 0.05) is 12.0 Å². The van der Waals surface area contributed by atoms with Crippen molar-refractivity contribution >= 4 is 11.6 Å². The Hall–Kier alpha value is -1.10. The zero-order valence-corrected chi connectivity index (χ0v) is 14.3. The van der Waals surface area contributed by atoms with E-state index in [1.807, 2.05) is 0 Å². The second kappa shape index (κ2) is 6.77. The van der Waals surface area contributed by atoms with Crippen LogP contribution in [-0.4, -0.2) is 44.3 Å². The number of hydrogen-bond acceptors (Lipinski definition) is 2. The van der Waals surface area contributed by atoms with Crippen LogP contribution in [0.3, 0.4) is 0 Å². The molecule has 2 heterocycles. The van der Waals surface area contributed by atoms with Crippen LogP contribution in [0.25, 0.3) is 0 Å². The summed E-state index contributed by atoms with van der Waals surface area (Å²) in [7, 11) is 2.22. The van der Waals surface area contributed by atoms with E-state index in [2.05, 4.69) is 43.2 Å².